The second-order valence-electron chi connectivity index (χ2n) is 18.4. The van der Waals surface area contributed by atoms with Gasteiger partial charge in [0, 0.05) is 44.3 Å². The number of rotatable bonds is 5. The van der Waals surface area contributed by atoms with Gasteiger partial charge in [0.25, 0.3) is 0 Å². The van der Waals surface area contributed by atoms with E-state index < -0.39 is 0 Å². The number of nitrogens with zero attached hydrogens (tertiary/aromatic N) is 4. The molecule has 0 saturated carbocycles. The molecule has 0 unspecified atom stereocenters. The monoisotopic (exact) mass is 890 g/mol. The summed E-state index contributed by atoms with van der Waals surface area (Å²) in [5.74, 6) is 1.74. The van der Waals surface area contributed by atoms with Crippen LogP contribution in [-0.2, 0) is 0 Å². The van der Waals surface area contributed by atoms with Crippen LogP contribution >= 0.6 is 0 Å². The van der Waals surface area contributed by atoms with Crippen molar-refractivity contribution < 1.29 is 4.42 Å². The largest absolute Gasteiger partial charge is 0.456 e. The Balaban J connectivity index is 1.06. The number of benzene rings is 12. The van der Waals surface area contributed by atoms with E-state index in [0.29, 0.717) is 17.5 Å². The molecular weight excluding hydrogens is 853 g/mol. The maximum atomic E-state index is 6.90. The van der Waals surface area contributed by atoms with Crippen LogP contribution in [0.5, 0.6) is 0 Å². The first-order chi connectivity index (χ1) is 34.6. The molecule has 0 aliphatic carbocycles. The van der Waals surface area contributed by atoms with E-state index in [2.05, 4.69) is 229 Å². The molecule has 12 aromatic carbocycles. The molecular formula is C65H38N4O. The lowest BCUT2D eigenvalue weighted by atomic mass is 10.00. The normalized spacial score (nSPS) is 12.0. The van der Waals surface area contributed by atoms with E-state index in [9.17, 15) is 0 Å². The summed E-state index contributed by atoms with van der Waals surface area (Å²) >= 11 is 0. The van der Waals surface area contributed by atoms with E-state index >= 15 is 0 Å². The van der Waals surface area contributed by atoms with E-state index in [1.807, 2.05) is 6.07 Å². The summed E-state index contributed by atoms with van der Waals surface area (Å²) in [5, 5.41) is 16.1. The average molecular weight is 891 g/mol. The number of hydrogen-bond donors (Lipinski definition) is 0. The Morgan fingerprint density at radius 1 is 0.286 bits per heavy atom. The Hall–Kier alpha value is -9.45. The van der Waals surface area contributed by atoms with Crippen molar-refractivity contribution in [1.82, 2.24) is 19.5 Å². The maximum absolute atomic E-state index is 6.90. The summed E-state index contributed by atoms with van der Waals surface area (Å²) in [6, 6.07) is 82.3. The van der Waals surface area contributed by atoms with Crippen LogP contribution < -0.4 is 0 Å². The predicted octanol–water partition coefficient (Wildman–Crippen LogP) is 17.3. The van der Waals surface area contributed by atoms with Crippen LogP contribution in [0.2, 0.25) is 0 Å². The van der Waals surface area contributed by atoms with Crippen molar-refractivity contribution in [2.75, 3.05) is 0 Å². The van der Waals surface area contributed by atoms with Gasteiger partial charge in [-0.15, -0.1) is 0 Å². The SMILES string of the molecule is c1ccc(-c2cccc(-c3nc(-c4ccc5c(ccc6ccccc65)c4)nc(-c4cc5c(cc4-n4c6cc7ccccc7cc6c6c7ccccc7ccc64)oc4cc6ccccc6cc45)n3)c2)cc1. The second-order valence-corrected chi connectivity index (χ2v) is 18.4. The molecule has 15 aromatic rings. The second kappa shape index (κ2) is 15.0. The highest BCUT2D eigenvalue weighted by molar-refractivity contribution is 6.24. The van der Waals surface area contributed by atoms with Gasteiger partial charge in [-0.25, -0.2) is 15.0 Å². The predicted molar refractivity (Wildman–Crippen MR) is 291 cm³/mol. The lowest BCUT2D eigenvalue weighted by molar-refractivity contribution is 0.669. The Morgan fingerprint density at radius 3 is 1.61 bits per heavy atom. The smallest absolute Gasteiger partial charge is 0.166 e. The third-order valence-electron chi connectivity index (χ3n) is 14.3. The molecule has 324 valence electrons. The Kier molecular flexibility index (Phi) is 8.29. The Bertz CT molecular complexity index is 4660. The summed E-state index contributed by atoms with van der Waals surface area (Å²) in [6.07, 6.45) is 0. The van der Waals surface area contributed by atoms with Crippen LogP contribution in [0.3, 0.4) is 0 Å². The molecule has 0 atom stereocenters. The number of fused-ring (bicyclic) bond motifs is 13. The van der Waals surface area contributed by atoms with E-state index in [1.54, 1.807) is 0 Å². The van der Waals surface area contributed by atoms with Crippen molar-refractivity contribution >= 4 is 97.6 Å². The van der Waals surface area contributed by atoms with Crippen molar-refractivity contribution in [3.63, 3.8) is 0 Å². The summed E-state index contributed by atoms with van der Waals surface area (Å²) < 4.78 is 9.31. The minimum atomic E-state index is 0.562. The molecule has 5 nitrogen and oxygen atoms in total. The molecule has 0 bridgehead atoms. The standard InChI is InChI=1S/C65H38N4O/c1-2-13-39(14-3-1)42-21-12-22-48(31-42)63-66-64(49-27-29-51-47(32-49)26-25-40-15-8-10-23-50(40)51)68-65(67-63)56-37-54-53-33-43-17-5-7-20-46(43)36-60(53)70-61(54)38-59(56)69-57-30-28-41-16-9-11-24-52(41)62(57)55-34-44-18-4-6-19-45(44)35-58(55)69/h1-38H. The van der Waals surface area contributed by atoms with Gasteiger partial charge < -0.3 is 8.98 Å². The fourth-order valence-corrected chi connectivity index (χ4v) is 11.0. The molecule has 0 amide bonds. The zero-order valence-electron chi connectivity index (χ0n) is 37.6. The third kappa shape index (κ3) is 6.02. The lowest BCUT2D eigenvalue weighted by Crippen LogP contribution is -2.04. The summed E-state index contributed by atoms with van der Waals surface area (Å²) in [6.45, 7) is 0. The quantitative estimate of drug-likeness (QED) is 0.162. The molecule has 0 saturated heterocycles. The summed E-state index contributed by atoms with van der Waals surface area (Å²) in [5.41, 5.74) is 9.56. The lowest BCUT2D eigenvalue weighted by Gasteiger charge is -2.16. The first-order valence-corrected chi connectivity index (χ1v) is 23.7. The van der Waals surface area contributed by atoms with Crippen LogP contribution in [0.1, 0.15) is 0 Å². The minimum Gasteiger partial charge on any atom is -0.456 e. The molecule has 0 spiro atoms. The molecule has 0 aliphatic rings. The average Bonchev–Trinajstić information content (AvgIpc) is 3.94. The van der Waals surface area contributed by atoms with Gasteiger partial charge >= 0.3 is 0 Å². The highest BCUT2D eigenvalue weighted by Crippen LogP contribution is 2.44. The van der Waals surface area contributed by atoms with Crippen LogP contribution in [0, 0.1) is 0 Å². The van der Waals surface area contributed by atoms with Gasteiger partial charge in [0.1, 0.15) is 11.2 Å². The van der Waals surface area contributed by atoms with Crippen LogP contribution in [0.4, 0.5) is 0 Å². The zero-order chi connectivity index (χ0) is 45.9. The van der Waals surface area contributed by atoms with Crippen molar-refractivity contribution in [3.05, 3.63) is 231 Å². The number of hydrogen-bond acceptors (Lipinski definition) is 4. The first-order valence-electron chi connectivity index (χ1n) is 23.7. The molecule has 0 fully saturated rings. The van der Waals surface area contributed by atoms with Crippen molar-refractivity contribution in [1.29, 1.82) is 0 Å². The molecule has 0 N–H and O–H groups in total. The highest BCUT2D eigenvalue weighted by atomic mass is 16.3. The van der Waals surface area contributed by atoms with Gasteiger partial charge in [0.05, 0.1) is 16.7 Å². The van der Waals surface area contributed by atoms with Crippen LogP contribution in [0.15, 0.2) is 235 Å². The van der Waals surface area contributed by atoms with Gasteiger partial charge in [-0.2, -0.15) is 0 Å². The molecule has 3 aromatic heterocycles. The Morgan fingerprint density at radius 2 is 0.829 bits per heavy atom. The van der Waals surface area contributed by atoms with E-state index in [4.69, 9.17) is 19.4 Å². The molecule has 0 radical (unpaired) electrons. The van der Waals surface area contributed by atoms with Gasteiger partial charge in [-0.1, -0.05) is 176 Å². The summed E-state index contributed by atoms with van der Waals surface area (Å²) in [4.78, 5) is 16.4. The molecule has 0 aliphatic heterocycles. The van der Waals surface area contributed by atoms with Gasteiger partial charge in [0.15, 0.2) is 17.5 Å². The topological polar surface area (TPSA) is 56.7 Å². The number of aromatic nitrogens is 4. The zero-order valence-corrected chi connectivity index (χ0v) is 37.6. The third-order valence-corrected chi connectivity index (χ3v) is 14.3. The fourth-order valence-electron chi connectivity index (χ4n) is 11.0. The molecule has 3 heterocycles. The number of furan rings is 1. The van der Waals surface area contributed by atoms with Crippen LogP contribution in [-0.4, -0.2) is 19.5 Å². The van der Waals surface area contributed by atoms with E-state index in [0.717, 1.165) is 88.0 Å². The Labute approximate surface area is 401 Å². The van der Waals surface area contributed by atoms with Crippen molar-refractivity contribution in [3.8, 4) is 51.0 Å². The highest BCUT2D eigenvalue weighted by Gasteiger charge is 2.24. The van der Waals surface area contributed by atoms with Gasteiger partial charge in [0.2, 0.25) is 0 Å². The van der Waals surface area contributed by atoms with Crippen molar-refractivity contribution in [2.45, 2.75) is 0 Å². The molecule has 15 rings (SSSR count). The van der Waals surface area contributed by atoms with Gasteiger partial charge in [-0.05, 0) is 114 Å². The first kappa shape index (κ1) is 38.6. The van der Waals surface area contributed by atoms with E-state index in [-0.39, 0.29) is 0 Å². The molecule has 5 heteroatoms. The van der Waals surface area contributed by atoms with E-state index in [1.165, 1.54) is 43.1 Å². The minimum absolute atomic E-state index is 0.562. The maximum Gasteiger partial charge on any atom is 0.166 e. The van der Waals surface area contributed by atoms with Gasteiger partial charge in [-0.3, -0.25) is 0 Å². The fraction of sp³-hybridized carbons (Fsp3) is 0. The molecule has 70 heavy (non-hydrogen) atoms. The summed E-state index contributed by atoms with van der Waals surface area (Å²) in [7, 11) is 0. The van der Waals surface area contributed by atoms with Crippen LogP contribution in [0.25, 0.3) is 149 Å². The van der Waals surface area contributed by atoms with Crippen molar-refractivity contribution in [2.24, 2.45) is 0 Å².